The summed E-state index contributed by atoms with van der Waals surface area (Å²) in [6.45, 7) is 0. The van der Waals surface area contributed by atoms with Crippen LogP contribution in [0.5, 0.6) is 0 Å². The Hall–Kier alpha value is 0.0500. The van der Waals surface area contributed by atoms with Crippen LogP contribution in [0.2, 0.25) is 0 Å². The topological polar surface area (TPSA) is 0 Å². The third-order valence-electron chi connectivity index (χ3n) is 1.57. The lowest BCUT2D eigenvalue weighted by molar-refractivity contribution is 0.919. The Labute approximate surface area is 81.5 Å². The zero-order chi connectivity index (χ0) is 8.10. The van der Waals surface area contributed by atoms with Crippen LogP contribution in [0.25, 0.3) is 0 Å². The van der Waals surface area contributed by atoms with Crippen molar-refractivity contribution in [2.45, 2.75) is 11.7 Å². The zero-order valence-corrected chi connectivity index (χ0v) is 8.68. The highest BCUT2D eigenvalue weighted by atomic mass is 79.9. The second-order valence-electron chi connectivity index (χ2n) is 2.40. The molecule has 0 saturated carbocycles. The number of hydrogen-bond donors (Lipinski definition) is 1. The van der Waals surface area contributed by atoms with Crippen LogP contribution < -0.4 is 0 Å². The van der Waals surface area contributed by atoms with Crippen molar-refractivity contribution in [1.82, 2.24) is 0 Å². The smallest absolute Gasteiger partial charge is 0.0275 e. The van der Waals surface area contributed by atoms with Crippen molar-refractivity contribution in [2.75, 3.05) is 5.33 Å². The summed E-state index contributed by atoms with van der Waals surface area (Å²) in [4.78, 5) is 0. The number of rotatable bonds is 3. The quantitative estimate of drug-likeness (QED) is 0.597. The number of alkyl halides is 1. The van der Waals surface area contributed by atoms with E-state index >= 15 is 0 Å². The first-order valence-corrected chi connectivity index (χ1v) is 5.27. The van der Waals surface area contributed by atoms with Crippen LogP contribution in [-0.2, 0) is 0 Å². The molecule has 0 bridgehead atoms. The Morgan fingerprint density at radius 3 is 2.45 bits per heavy atom. The number of benzene rings is 1. The van der Waals surface area contributed by atoms with Crippen molar-refractivity contribution >= 4 is 28.6 Å². The number of halogens is 1. The maximum Gasteiger partial charge on any atom is 0.0275 e. The second-order valence-corrected chi connectivity index (χ2v) is 3.82. The summed E-state index contributed by atoms with van der Waals surface area (Å²) in [6, 6.07) is 10.3. The molecule has 0 N–H and O–H groups in total. The molecule has 0 saturated heterocycles. The van der Waals surface area contributed by atoms with Crippen molar-refractivity contribution < 1.29 is 0 Å². The molecule has 0 fully saturated rings. The van der Waals surface area contributed by atoms with E-state index in [1.807, 2.05) is 18.2 Å². The van der Waals surface area contributed by atoms with E-state index in [1.165, 1.54) is 5.56 Å². The predicted octanol–water partition coefficient (Wildman–Crippen LogP) is 3.44. The lowest BCUT2D eigenvalue weighted by Crippen LogP contribution is -1.89. The van der Waals surface area contributed by atoms with Crippen LogP contribution in [0.3, 0.4) is 0 Å². The third-order valence-corrected chi connectivity index (χ3v) is 2.58. The van der Waals surface area contributed by atoms with Gasteiger partial charge in [0.15, 0.2) is 0 Å². The summed E-state index contributed by atoms with van der Waals surface area (Å²) in [5.41, 5.74) is 1.30. The average Bonchev–Trinajstić information content (AvgIpc) is 2.07. The van der Waals surface area contributed by atoms with Crippen LogP contribution in [0.1, 0.15) is 17.2 Å². The van der Waals surface area contributed by atoms with Crippen molar-refractivity contribution in [3.63, 3.8) is 0 Å². The van der Waals surface area contributed by atoms with Crippen molar-refractivity contribution in [3.8, 4) is 0 Å². The fourth-order valence-corrected chi connectivity index (χ4v) is 2.06. The van der Waals surface area contributed by atoms with E-state index in [2.05, 4.69) is 40.7 Å². The van der Waals surface area contributed by atoms with Crippen LogP contribution in [0.4, 0.5) is 0 Å². The van der Waals surface area contributed by atoms with Gasteiger partial charge in [0.1, 0.15) is 0 Å². The van der Waals surface area contributed by atoms with Crippen LogP contribution in [0, 0.1) is 0 Å². The summed E-state index contributed by atoms with van der Waals surface area (Å²) in [7, 11) is 0. The molecule has 1 unspecified atom stereocenters. The number of thiol groups is 1. The molecular formula is C9H11BrS. The fraction of sp³-hybridized carbons (Fsp3) is 0.333. The molecule has 1 aromatic carbocycles. The van der Waals surface area contributed by atoms with Crippen molar-refractivity contribution in [3.05, 3.63) is 35.9 Å². The SMILES string of the molecule is SC(CCBr)c1ccccc1. The highest BCUT2D eigenvalue weighted by Crippen LogP contribution is 2.23. The molecule has 0 nitrogen and oxygen atoms in total. The van der Waals surface area contributed by atoms with E-state index in [0.29, 0.717) is 5.25 Å². The summed E-state index contributed by atoms with van der Waals surface area (Å²) in [5.74, 6) is 0. The fourth-order valence-electron chi connectivity index (χ4n) is 0.945. The minimum absolute atomic E-state index is 0.371. The van der Waals surface area contributed by atoms with E-state index in [-0.39, 0.29) is 0 Å². The van der Waals surface area contributed by atoms with E-state index in [4.69, 9.17) is 0 Å². The van der Waals surface area contributed by atoms with E-state index in [1.54, 1.807) is 0 Å². The molecule has 0 amide bonds. The maximum atomic E-state index is 4.47. The normalized spacial score (nSPS) is 12.9. The van der Waals surface area contributed by atoms with E-state index in [0.717, 1.165) is 11.8 Å². The molecule has 0 aromatic heterocycles. The summed E-state index contributed by atoms with van der Waals surface area (Å²) < 4.78 is 0. The van der Waals surface area contributed by atoms with Gasteiger partial charge >= 0.3 is 0 Å². The molecule has 0 spiro atoms. The molecule has 0 aliphatic heterocycles. The highest BCUT2D eigenvalue weighted by Gasteiger charge is 2.02. The molecule has 0 radical (unpaired) electrons. The molecule has 2 heteroatoms. The van der Waals surface area contributed by atoms with Gasteiger partial charge in [0.25, 0.3) is 0 Å². The lowest BCUT2D eigenvalue weighted by Gasteiger charge is -2.07. The maximum absolute atomic E-state index is 4.47. The van der Waals surface area contributed by atoms with Gasteiger partial charge in [0.05, 0.1) is 0 Å². The van der Waals surface area contributed by atoms with Crippen LogP contribution in [-0.4, -0.2) is 5.33 Å². The molecular weight excluding hydrogens is 220 g/mol. The first-order chi connectivity index (χ1) is 5.34. The molecule has 0 aliphatic rings. The number of hydrogen-bond acceptors (Lipinski definition) is 1. The molecule has 0 aliphatic carbocycles. The van der Waals surface area contributed by atoms with Gasteiger partial charge in [-0.05, 0) is 12.0 Å². The van der Waals surface area contributed by atoms with Crippen LogP contribution in [0.15, 0.2) is 30.3 Å². The van der Waals surface area contributed by atoms with Crippen molar-refractivity contribution in [1.29, 1.82) is 0 Å². The van der Waals surface area contributed by atoms with Crippen molar-refractivity contribution in [2.24, 2.45) is 0 Å². The molecule has 60 valence electrons. The molecule has 1 atom stereocenters. The Morgan fingerprint density at radius 2 is 1.91 bits per heavy atom. The largest absolute Gasteiger partial charge is 0.171 e. The second kappa shape index (κ2) is 4.83. The van der Waals surface area contributed by atoms with Gasteiger partial charge in [-0.2, -0.15) is 12.6 Å². The Bertz CT molecular complexity index is 198. The van der Waals surface area contributed by atoms with Crippen LogP contribution >= 0.6 is 28.6 Å². The third kappa shape index (κ3) is 2.88. The lowest BCUT2D eigenvalue weighted by atomic mass is 10.1. The summed E-state index contributed by atoms with van der Waals surface area (Å²) in [6.07, 6.45) is 1.08. The summed E-state index contributed by atoms with van der Waals surface area (Å²) in [5, 5.41) is 1.38. The van der Waals surface area contributed by atoms with E-state index in [9.17, 15) is 0 Å². The Kier molecular flexibility index (Phi) is 4.02. The first-order valence-electron chi connectivity index (χ1n) is 3.63. The average molecular weight is 231 g/mol. The summed E-state index contributed by atoms with van der Waals surface area (Å²) >= 11 is 7.87. The molecule has 0 heterocycles. The van der Waals surface area contributed by atoms with E-state index < -0.39 is 0 Å². The van der Waals surface area contributed by atoms with Gasteiger partial charge in [0, 0.05) is 10.6 Å². The predicted molar refractivity (Wildman–Crippen MR) is 56.6 cm³/mol. The van der Waals surface area contributed by atoms with Gasteiger partial charge in [-0.15, -0.1) is 0 Å². The molecule has 1 rings (SSSR count). The van der Waals surface area contributed by atoms with Gasteiger partial charge < -0.3 is 0 Å². The minimum atomic E-state index is 0.371. The Balaban J connectivity index is 2.61. The standard InChI is InChI=1S/C9H11BrS/c10-7-6-9(11)8-4-2-1-3-5-8/h1-5,9,11H,6-7H2. The molecule has 1 aromatic rings. The minimum Gasteiger partial charge on any atom is -0.171 e. The van der Waals surface area contributed by atoms with Gasteiger partial charge in [0.2, 0.25) is 0 Å². The first kappa shape index (κ1) is 9.14. The van der Waals surface area contributed by atoms with Gasteiger partial charge in [-0.3, -0.25) is 0 Å². The Morgan fingerprint density at radius 1 is 1.27 bits per heavy atom. The van der Waals surface area contributed by atoms with Gasteiger partial charge in [-0.25, -0.2) is 0 Å². The van der Waals surface area contributed by atoms with Gasteiger partial charge in [-0.1, -0.05) is 46.3 Å². The molecule has 11 heavy (non-hydrogen) atoms. The monoisotopic (exact) mass is 230 g/mol. The highest BCUT2D eigenvalue weighted by molar-refractivity contribution is 9.09. The zero-order valence-electron chi connectivity index (χ0n) is 6.20.